The minimum Gasteiger partial charge on any atom is -0.495 e. The summed E-state index contributed by atoms with van der Waals surface area (Å²) in [5.41, 5.74) is 2.60. The van der Waals surface area contributed by atoms with Crippen LogP contribution in [0.5, 0.6) is 5.75 Å². The van der Waals surface area contributed by atoms with Crippen molar-refractivity contribution < 1.29 is 13.9 Å². The van der Waals surface area contributed by atoms with Gasteiger partial charge >= 0.3 is 0 Å². The number of carbonyl (C=O) groups excluding carboxylic acids is 1. The molecule has 0 radical (unpaired) electrons. The molecule has 30 heavy (non-hydrogen) atoms. The Kier molecular flexibility index (Phi) is 8.45. The first-order valence-electron chi connectivity index (χ1n) is 9.61. The number of carbonyl (C=O) groups is 1. The number of benzene rings is 2. The number of ether oxygens (including phenoxy) is 1. The van der Waals surface area contributed by atoms with E-state index >= 15 is 0 Å². The van der Waals surface area contributed by atoms with Gasteiger partial charge in [-0.05, 0) is 48.2 Å². The van der Waals surface area contributed by atoms with Gasteiger partial charge in [0.1, 0.15) is 11.6 Å². The summed E-state index contributed by atoms with van der Waals surface area (Å²) in [5.74, 6) is 0.922. The number of hydrogen-bond acceptors (Lipinski definition) is 3. The first-order valence-corrected chi connectivity index (χ1v) is 9.61. The molecule has 1 saturated carbocycles. The predicted octanol–water partition coefficient (Wildman–Crippen LogP) is 3.81. The number of hydrogen-bond donors (Lipinski definition) is 3. The van der Waals surface area contributed by atoms with E-state index in [1.807, 2.05) is 24.3 Å². The molecule has 0 bridgehead atoms. The van der Waals surface area contributed by atoms with Crippen LogP contribution >= 0.6 is 24.0 Å². The first-order chi connectivity index (χ1) is 14.0. The van der Waals surface area contributed by atoms with Gasteiger partial charge in [-0.3, -0.25) is 9.79 Å². The molecule has 0 unspecified atom stereocenters. The van der Waals surface area contributed by atoms with Crippen LogP contribution in [0.2, 0.25) is 0 Å². The fraction of sp³-hybridized carbons (Fsp3) is 0.364. The lowest BCUT2D eigenvalue weighted by molar-refractivity contribution is -0.114. The standard InChI is InChI=1S/C22H27FN4O2.HI/c1-15(28)27-19-11-16(7-8-20(19)29-3)13-25-21(24-2)26-14-22(9-10-22)17-5-4-6-18(23)12-17;/h4-8,11-12H,9-10,13-14H2,1-3H3,(H,27,28)(H2,24,25,26);1H. The lowest BCUT2D eigenvalue weighted by atomic mass is 9.96. The lowest BCUT2D eigenvalue weighted by Gasteiger charge is -2.19. The highest BCUT2D eigenvalue weighted by Gasteiger charge is 2.44. The van der Waals surface area contributed by atoms with E-state index in [0.29, 0.717) is 30.5 Å². The third-order valence-corrected chi connectivity index (χ3v) is 5.14. The van der Waals surface area contributed by atoms with E-state index in [-0.39, 0.29) is 41.1 Å². The van der Waals surface area contributed by atoms with Crippen molar-refractivity contribution in [2.75, 3.05) is 26.0 Å². The number of rotatable bonds is 7. The van der Waals surface area contributed by atoms with E-state index in [9.17, 15) is 9.18 Å². The number of nitrogens with zero attached hydrogens (tertiary/aromatic N) is 1. The highest BCUT2D eigenvalue weighted by atomic mass is 127. The Morgan fingerprint density at radius 3 is 2.57 bits per heavy atom. The molecule has 0 heterocycles. The van der Waals surface area contributed by atoms with E-state index in [4.69, 9.17) is 4.74 Å². The molecular weight excluding hydrogens is 498 g/mol. The summed E-state index contributed by atoms with van der Waals surface area (Å²) < 4.78 is 18.9. The number of amides is 1. The van der Waals surface area contributed by atoms with Crippen LogP contribution in [0.4, 0.5) is 10.1 Å². The Morgan fingerprint density at radius 1 is 1.20 bits per heavy atom. The van der Waals surface area contributed by atoms with E-state index in [1.165, 1.54) is 13.0 Å². The van der Waals surface area contributed by atoms with Crippen LogP contribution in [-0.2, 0) is 16.8 Å². The molecule has 1 aliphatic carbocycles. The van der Waals surface area contributed by atoms with Crippen LogP contribution in [0.25, 0.3) is 0 Å². The lowest BCUT2D eigenvalue weighted by Crippen LogP contribution is -2.40. The molecule has 0 aromatic heterocycles. The summed E-state index contributed by atoms with van der Waals surface area (Å²) in [4.78, 5) is 15.7. The predicted molar refractivity (Wildman–Crippen MR) is 128 cm³/mol. The molecule has 162 valence electrons. The summed E-state index contributed by atoms with van der Waals surface area (Å²) in [7, 11) is 3.28. The summed E-state index contributed by atoms with van der Waals surface area (Å²) in [5, 5.41) is 9.40. The number of aliphatic imine (C=N–C) groups is 1. The SMILES string of the molecule is CN=C(NCc1ccc(OC)c(NC(C)=O)c1)NCC1(c2cccc(F)c2)CC1.I. The molecule has 3 rings (SSSR count). The number of nitrogens with one attached hydrogen (secondary N) is 3. The Hall–Kier alpha value is -2.36. The van der Waals surface area contributed by atoms with Crippen molar-refractivity contribution in [3.8, 4) is 5.75 Å². The van der Waals surface area contributed by atoms with E-state index < -0.39 is 0 Å². The third kappa shape index (κ3) is 6.07. The topological polar surface area (TPSA) is 74.8 Å². The van der Waals surface area contributed by atoms with Crippen LogP contribution in [0.1, 0.15) is 30.9 Å². The normalized spacial score (nSPS) is 14.3. The van der Waals surface area contributed by atoms with E-state index in [2.05, 4.69) is 20.9 Å². The van der Waals surface area contributed by atoms with Crippen molar-refractivity contribution in [2.45, 2.75) is 31.7 Å². The van der Waals surface area contributed by atoms with Crippen LogP contribution < -0.4 is 20.7 Å². The van der Waals surface area contributed by atoms with E-state index in [0.717, 1.165) is 24.0 Å². The molecule has 8 heteroatoms. The average Bonchev–Trinajstić information content (AvgIpc) is 3.49. The highest BCUT2D eigenvalue weighted by Crippen LogP contribution is 2.47. The van der Waals surface area contributed by atoms with Gasteiger partial charge in [0.05, 0.1) is 12.8 Å². The molecule has 0 saturated heterocycles. The Balaban J connectivity index is 0.00000320. The van der Waals surface area contributed by atoms with Gasteiger partial charge < -0.3 is 20.7 Å². The van der Waals surface area contributed by atoms with Crippen molar-refractivity contribution in [1.82, 2.24) is 10.6 Å². The van der Waals surface area contributed by atoms with Crippen molar-refractivity contribution in [1.29, 1.82) is 0 Å². The maximum Gasteiger partial charge on any atom is 0.221 e. The van der Waals surface area contributed by atoms with Crippen LogP contribution in [0.15, 0.2) is 47.5 Å². The van der Waals surface area contributed by atoms with Gasteiger partial charge in [0, 0.05) is 32.5 Å². The Bertz CT molecular complexity index is 916. The molecule has 0 atom stereocenters. The maximum atomic E-state index is 13.6. The smallest absolute Gasteiger partial charge is 0.221 e. The molecule has 1 fully saturated rings. The second kappa shape index (κ2) is 10.6. The van der Waals surface area contributed by atoms with Gasteiger partial charge in [-0.1, -0.05) is 18.2 Å². The summed E-state index contributed by atoms with van der Waals surface area (Å²) in [6.45, 7) is 2.68. The van der Waals surface area contributed by atoms with Crippen molar-refractivity contribution in [2.24, 2.45) is 4.99 Å². The number of halogens is 2. The van der Waals surface area contributed by atoms with Crippen molar-refractivity contribution in [3.05, 3.63) is 59.4 Å². The highest BCUT2D eigenvalue weighted by molar-refractivity contribution is 14.0. The summed E-state index contributed by atoms with van der Waals surface area (Å²) in [6.07, 6.45) is 2.05. The van der Waals surface area contributed by atoms with Gasteiger partial charge in [-0.2, -0.15) is 0 Å². The van der Waals surface area contributed by atoms with Gasteiger partial charge in [0.2, 0.25) is 5.91 Å². The van der Waals surface area contributed by atoms with Crippen LogP contribution in [-0.4, -0.2) is 32.6 Å². The zero-order chi connectivity index (χ0) is 20.9. The van der Waals surface area contributed by atoms with E-state index in [1.54, 1.807) is 26.3 Å². The van der Waals surface area contributed by atoms with Gasteiger partial charge in [0.15, 0.2) is 5.96 Å². The van der Waals surface area contributed by atoms with Crippen molar-refractivity contribution >= 4 is 41.5 Å². The quantitative estimate of drug-likeness (QED) is 0.292. The van der Waals surface area contributed by atoms with Gasteiger partial charge in [-0.15, -0.1) is 24.0 Å². The molecule has 1 amide bonds. The molecule has 6 nitrogen and oxygen atoms in total. The second-order valence-electron chi connectivity index (χ2n) is 7.29. The number of anilines is 1. The zero-order valence-corrected chi connectivity index (χ0v) is 19.8. The summed E-state index contributed by atoms with van der Waals surface area (Å²) in [6, 6.07) is 12.4. The molecule has 1 aliphatic rings. The largest absolute Gasteiger partial charge is 0.495 e. The minimum atomic E-state index is -0.203. The second-order valence-corrected chi connectivity index (χ2v) is 7.29. The fourth-order valence-electron chi connectivity index (χ4n) is 3.35. The third-order valence-electron chi connectivity index (χ3n) is 5.14. The molecule has 0 spiro atoms. The Labute approximate surface area is 193 Å². The Morgan fingerprint density at radius 2 is 1.97 bits per heavy atom. The van der Waals surface area contributed by atoms with Crippen LogP contribution in [0.3, 0.4) is 0 Å². The minimum absolute atomic E-state index is 0. The number of methoxy groups -OCH3 is 1. The first kappa shape index (κ1) is 23.9. The molecule has 2 aromatic carbocycles. The monoisotopic (exact) mass is 526 g/mol. The van der Waals surface area contributed by atoms with Crippen molar-refractivity contribution in [3.63, 3.8) is 0 Å². The number of guanidine groups is 1. The average molecular weight is 526 g/mol. The molecule has 3 N–H and O–H groups in total. The molecular formula is C22H28FIN4O2. The van der Waals surface area contributed by atoms with Gasteiger partial charge in [-0.25, -0.2) is 4.39 Å². The van der Waals surface area contributed by atoms with Crippen LogP contribution in [0, 0.1) is 5.82 Å². The fourth-order valence-corrected chi connectivity index (χ4v) is 3.35. The molecule has 0 aliphatic heterocycles. The zero-order valence-electron chi connectivity index (χ0n) is 17.4. The summed E-state index contributed by atoms with van der Waals surface area (Å²) >= 11 is 0. The maximum absolute atomic E-state index is 13.6. The molecule has 2 aromatic rings. The van der Waals surface area contributed by atoms with Gasteiger partial charge in [0.25, 0.3) is 0 Å².